The Morgan fingerprint density at radius 1 is 1.53 bits per heavy atom. The third-order valence-electron chi connectivity index (χ3n) is 3.27. The van der Waals surface area contributed by atoms with Crippen LogP contribution in [0.15, 0.2) is 24.3 Å². The quantitative estimate of drug-likeness (QED) is 0.651. The van der Waals surface area contributed by atoms with Crippen LogP contribution in [0.3, 0.4) is 0 Å². The molecule has 0 aromatic heterocycles. The van der Waals surface area contributed by atoms with Gasteiger partial charge in [-0.3, -0.25) is 10.1 Å². The van der Waals surface area contributed by atoms with E-state index in [-0.39, 0.29) is 11.8 Å². The van der Waals surface area contributed by atoms with Crippen LogP contribution in [0, 0.1) is 10.1 Å². The number of hydrogen-bond donors (Lipinski definition) is 1. The van der Waals surface area contributed by atoms with Crippen LogP contribution in [-0.4, -0.2) is 41.8 Å². The van der Waals surface area contributed by atoms with E-state index in [2.05, 4.69) is 0 Å². The first kappa shape index (κ1) is 13.3. The minimum Gasteiger partial charge on any atom is -0.480 e. The van der Waals surface area contributed by atoms with Crippen LogP contribution in [-0.2, 0) is 9.53 Å². The topological polar surface area (TPSA) is 92.9 Å². The SMILES string of the molecule is CO[C@H]1C[C@H](C(=O)O)N(c2ccccc2[N+](=O)[O-])C1. The molecule has 0 radical (unpaired) electrons. The number of para-hydroxylation sites is 2. The highest BCUT2D eigenvalue weighted by molar-refractivity contribution is 5.81. The van der Waals surface area contributed by atoms with Gasteiger partial charge in [0, 0.05) is 26.1 Å². The van der Waals surface area contributed by atoms with Crippen molar-refractivity contribution < 1.29 is 19.6 Å². The van der Waals surface area contributed by atoms with Crippen molar-refractivity contribution in [3.8, 4) is 0 Å². The number of aliphatic carboxylic acids is 1. The van der Waals surface area contributed by atoms with Gasteiger partial charge in [-0.1, -0.05) is 12.1 Å². The first-order valence-electron chi connectivity index (χ1n) is 5.80. The third-order valence-corrected chi connectivity index (χ3v) is 3.27. The number of benzene rings is 1. The lowest BCUT2D eigenvalue weighted by molar-refractivity contribution is -0.384. The molecule has 0 saturated carbocycles. The minimum absolute atomic E-state index is 0.0921. The molecule has 0 spiro atoms. The fourth-order valence-corrected chi connectivity index (χ4v) is 2.33. The molecule has 102 valence electrons. The molecule has 1 aromatic rings. The molecule has 2 atom stereocenters. The molecule has 1 fully saturated rings. The highest BCUT2D eigenvalue weighted by Gasteiger charge is 2.39. The Morgan fingerprint density at radius 3 is 2.79 bits per heavy atom. The van der Waals surface area contributed by atoms with Gasteiger partial charge in [-0.25, -0.2) is 4.79 Å². The summed E-state index contributed by atoms with van der Waals surface area (Å²) in [6.07, 6.45) is 0.0821. The fourth-order valence-electron chi connectivity index (χ4n) is 2.33. The number of carboxylic acid groups (broad SMARTS) is 1. The number of carboxylic acids is 1. The molecule has 1 aliphatic rings. The van der Waals surface area contributed by atoms with E-state index in [1.807, 2.05) is 0 Å². The minimum atomic E-state index is -1.00. The van der Waals surface area contributed by atoms with E-state index in [4.69, 9.17) is 4.74 Å². The normalized spacial score (nSPS) is 22.5. The Kier molecular flexibility index (Phi) is 3.66. The van der Waals surface area contributed by atoms with Gasteiger partial charge >= 0.3 is 5.97 Å². The first-order valence-corrected chi connectivity index (χ1v) is 5.80. The largest absolute Gasteiger partial charge is 0.480 e. The van der Waals surface area contributed by atoms with E-state index in [9.17, 15) is 20.0 Å². The van der Waals surface area contributed by atoms with Gasteiger partial charge in [0.2, 0.25) is 0 Å². The molecule has 19 heavy (non-hydrogen) atoms. The lowest BCUT2D eigenvalue weighted by Crippen LogP contribution is -2.36. The third kappa shape index (κ3) is 2.50. The summed E-state index contributed by atoms with van der Waals surface area (Å²) in [4.78, 5) is 23.3. The van der Waals surface area contributed by atoms with Crippen molar-refractivity contribution in [2.24, 2.45) is 0 Å². The molecule has 2 rings (SSSR count). The lowest BCUT2D eigenvalue weighted by atomic mass is 10.2. The predicted octanol–water partition coefficient (Wildman–Crippen LogP) is 1.27. The van der Waals surface area contributed by atoms with Gasteiger partial charge in [-0.15, -0.1) is 0 Å². The van der Waals surface area contributed by atoms with Gasteiger partial charge < -0.3 is 14.7 Å². The summed E-state index contributed by atoms with van der Waals surface area (Å²) in [7, 11) is 1.51. The highest BCUT2D eigenvalue weighted by Crippen LogP contribution is 2.34. The van der Waals surface area contributed by atoms with E-state index in [1.165, 1.54) is 18.1 Å². The molecule has 7 heteroatoms. The van der Waals surface area contributed by atoms with Crippen LogP contribution >= 0.6 is 0 Å². The second kappa shape index (κ2) is 5.23. The van der Waals surface area contributed by atoms with Gasteiger partial charge in [0.1, 0.15) is 11.7 Å². The summed E-state index contributed by atoms with van der Waals surface area (Å²) in [5, 5.41) is 20.2. The zero-order valence-electron chi connectivity index (χ0n) is 10.4. The van der Waals surface area contributed by atoms with Gasteiger partial charge in [0.25, 0.3) is 5.69 Å². The summed E-state index contributed by atoms with van der Waals surface area (Å²) < 4.78 is 5.17. The van der Waals surface area contributed by atoms with E-state index in [1.54, 1.807) is 18.2 Å². The molecule has 0 unspecified atom stereocenters. The Hall–Kier alpha value is -2.15. The number of nitro groups is 1. The molecule has 7 nitrogen and oxygen atoms in total. The smallest absolute Gasteiger partial charge is 0.326 e. The Balaban J connectivity index is 2.39. The zero-order valence-corrected chi connectivity index (χ0v) is 10.4. The van der Waals surface area contributed by atoms with Gasteiger partial charge in [-0.05, 0) is 6.07 Å². The number of anilines is 1. The molecule has 1 aromatic carbocycles. The van der Waals surface area contributed by atoms with Crippen molar-refractivity contribution in [2.45, 2.75) is 18.6 Å². The number of nitrogens with zero attached hydrogens (tertiary/aromatic N) is 2. The standard InChI is InChI=1S/C12H14N2O5/c1-19-8-6-11(12(15)16)13(7-8)9-4-2-3-5-10(9)14(17)18/h2-5,8,11H,6-7H2,1H3,(H,15,16)/t8-,11+/m0/s1. The maximum absolute atomic E-state index is 11.3. The van der Waals surface area contributed by atoms with Crippen LogP contribution in [0.4, 0.5) is 11.4 Å². The molecule has 0 amide bonds. The average molecular weight is 266 g/mol. The van der Waals surface area contributed by atoms with E-state index in [0.29, 0.717) is 18.7 Å². The van der Waals surface area contributed by atoms with Crippen molar-refractivity contribution in [3.05, 3.63) is 34.4 Å². The molecule has 0 bridgehead atoms. The maximum Gasteiger partial charge on any atom is 0.326 e. The number of ether oxygens (including phenoxy) is 1. The lowest BCUT2D eigenvalue weighted by Gasteiger charge is -2.22. The van der Waals surface area contributed by atoms with Crippen molar-refractivity contribution in [1.29, 1.82) is 0 Å². The van der Waals surface area contributed by atoms with Crippen LogP contribution in [0.5, 0.6) is 0 Å². The zero-order chi connectivity index (χ0) is 14.0. The van der Waals surface area contributed by atoms with Gasteiger partial charge in [0.05, 0.1) is 11.0 Å². The Bertz CT molecular complexity index is 505. The average Bonchev–Trinajstić information content (AvgIpc) is 2.83. The second-order valence-electron chi connectivity index (χ2n) is 4.35. The number of carbonyl (C=O) groups is 1. The molecule has 1 aliphatic heterocycles. The number of hydrogen-bond acceptors (Lipinski definition) is 5. The monoisotopic (exact) mass is 266 g/mol. The van der Waals surface area contributed by atoms with E-state index >= 15 is 0 Å². The van der Waals surface area contributed by atoms with Crippen LogP contribution in [0.1, 0.15) is 6.42 Å². The summed E-state index contributed by atoms with van der Waals surface area (Å²) in [5.41, 5.74) is 0.227. The predicted molar refractivity (Wildman–Crippen MR) is 67.3 cm³/mol. The van der Waals surface area contributed by atoms with Crippen LogP contribution < -0.4 is 4.90 Å². The summed E-state index contributed by atoms with van der Waals surface area (Å²) in [6, 6.07) is 5.34. The summed E-state index contributed by atoms with van der Waals surface area (Å²) >= 11 is 0. The van der Waals surface area contributed by atoms with Crippen molar-refractivity contribution in [3.63, 3.8) is 0 Å². The Labute approximate surface area is 109 Å². The molecule has 1 N–H and O–H groups in total. The van der Waals surface area contributed by atoms with Gasteiger partial charge in [-0.2, -0.15) is 0 Å². The molecule has 1 saturated heterocycles. The summed E-state index contributed by atoms with van der Waals surface area (Å²) in [6.45, 7) is 0.332. The Morgan fingerprint density at radius 2 is 2.21 bits per heavy atom. The maximum atomic E-state index is 11.3. The van der Waals surface area contributed by atoms with Crippen molar-refractivity contribution in [1.82, 2.24) is 0 Å². The number of nitro benzene ring substituents is 1. The second-order valence-corrected chi connectivity index (χ2v) is 4.35. The van der Waals surface area contributed by atoms with Gasteiger partial charge in [0.15, 0.2) is 0 Å². The molecule has 1 heterocycles. The van der Waals surface area contributed by atoms with Crippen LogP contribution in [0.2, 0.25) is 0 Å². The number of rotatable bonds is 4. The molecular weight excluding hydrogens is 252 g/mol. The first-order chi connectivity index (χ1) is 9.04. The molecular formula is C12H14N2O5. The molecule has 0 aliphatic carbocycles. The highest BCUT2D eigenvalue weighted by atomic mass is 16.6. The van der Waals surface area contributed by atoms with Crippen LogP contribution in [0.25, 0.3) is 0 Å². The van der Waals surface area contributed by atoms with Crippen molar-refractivity contribution in [2.75, 3.05) is 18.6 Å². The number of methoxy groups -OCH3 is 1. The summed E-state index contributed by atoms with van der Waals surface area (Å²) in [5.74, 6) is -1.00. The fraction of sp³-hybridized carbons (Fsp3) is 0.417. The van der Waals surface area contributed by atoms with Crippen molar-refractivity contribution >= 4 is 17.3 Å². The van der Waals surface area contributed by atoms with E-state index < -0.39 is 16.9 Å². The van der Waals surface area contributed by atoms with E-state index in [0.717, 1.165) is 0 Å².